The summed E-state index contributed by atoms with van der Waals surface area (Å²) in [5.74, 6) is 2.78. The average Bonchev–Trinajstić information content (AvgIpc) is 3.42. The van der Waals surface area contributed by atoms with Gasteiger partial charge < -0.3 is 9.88 Å². The van der Waals surface area contributed by atoms with Gasteiger partial charge in [0.15, 0.2) is 0 Å². The molecule has 0 spiro atoms. The lowest BCUT2D eigenvalue weighted by Gasteiger charge is -2.32. The first-order chi connectivity index (χ1) is 13.1. The molecule has 3 fully saturated rings. The molecule has 5 unspecified atom stereocenters. The van der Waals surface area contributed by atoms with Crippen LogP contribution in [-0.2, 0) is 0 Å². The normalized spacial score (nSPS) is 31.0. The van der Waals surface area contributed by atoms with Crippen LogP contribution >= 0.6 is 0 Å². The number of imidazole rings is 1. The lowest BCUT2D eigenvalue weighted by molar-refractivity contribution is -0.384. The van der Waals surface area contributed by atoms with Crippen molar-refractivity contribution in [1.29, 1.82) is 0 Å². The number of hydrogen-bond donors (Lipinski definition) is 1. The Hall–Kier alpha value is -2.70. The minimum absolute atomic E-state index is 0.0931. The first kappa shape index (κ1) is 16.5. The fourth-order valence-electron chi connectivity index (χ4n) is 5.92. The number of amides is 1. The van der Waals surface area contributed by atoms with Gasteiger partial charge in [-0.05, 0) is 61.5 Å². The molecule has 1 heterocycles. The van der Waals surface area contributed by atoms with Crippen LogP contribution in [0.2, 0.25) is 0 Å². The molecule has 0 radical (unpaired) electrons. The van der Waals surface area contributed by atoms with E-state index in [0.717, 1.165) is 24.2 Å². The number of benzene rings is 1. The molecule has 3 aliphatic rings. The van der Waals surface area contributed by atoms with E-state index in [2.05, 4.69) is 10.3 Å². The van der Waals surface area contributed by atoms with E-state index in [0.29, 0.717) is 17.2 Å². The van der Waals surface area contributed by atoms with Crippen LogP contribution in [0, 0.1) is 33.8 Å². The number of nitrogens with zero attached hydrogens (tertiary/aromatic N) is 3. The van der Waals surface area contributed by atoms with Crippen molar-refractivity contribution in [1.82, 2.24) is 14.9 Å². The molecule has 2 aromatic rings. The molecule has 1 N–H and O–H groups in total. The van der Waals surface area contributed by atoms with Gasteiger partial charge in [-0.15, -0.1) is 0 Å². The largest absolute Gasteiger partial charge is 0.349 e. The standard InChI is InChI=1S/C20H22N4O3/c25-20(22-17-9-13-8-16(17)15-3-1-2-14(13)15)12-4-5-18(19(10-12)24(26)27)23-7-6-21-11-23/h4-7,10-11,13-17H,1-3,8-9H2,(H,22,25). The molecule has 1 amide bonds. The first-order valence-electron chi connectivity index (χ1n) is 9.69. The minimum Gasteiger partial charge on any atom is -0.349 e. The summed E-state index contributed by atoms with van der Waals surface area (Å²) in [6.45, 7) is 0. The molecule has 140 valence electrons. The van der Waals surface area contributed by atoms with Crippen molar-refractivity contribution in [3.8, 4) is 5.69 Å². The zero-order valence-corrected chi connectivity index (χ0v) is 15.0. The smallest absolute Gasteiger partial charge is 0.294 e. The maximum absolute atomic E-state index is 12.8. The SMILES string of the molecule is O=C(NC1CC2CC1C1CCCC21)c1ccc(-n2ccnc2)c([N+](=O)[O-])c1. The van der Waals surface area contributed by atoms with Gasteiger partial charge in [0.2, 0.25) is 0 Å². The van der Waals surface area contributed by atoms with Gasteiger partial charge >= 0.3 is 0 Å². The molecule has 5 atom stereocenters. The number of fused-ring (bicyclic) bond motifs is 5. The third-order valence-electron chi connectivity index (χ3n) is 6.96. The Kier molecular flexibility index (Phi) is 3.77. The van der Waals surface area contributed by atoms with Crippen molar-refractivity contribution < 1.29 is 9.72 Å². The van der Waals surface area contributed by atoms with Crippen molar-refractivity contribution in [2.45, 2.75) is 38.1 Å². The predicted octanol–water partition coefficient (Wildman–Crippen LogP) is 3.34. The van der Waals surface area contributed by atoms with Crippen molar-refractivity contribution in [3.63, 3.8) is 0 Å². The van der Waals surface area contributed by atoms with Gasteiger partial charge in [0.1, 0.15) is 5.69 Å². The molecule has 3 saturated carbocycles. The summed E-state index contributed by atoms with van der Waals surface area (Å²) in [6, 6.07) is 4.86. The van der Waals surface area contributed by atoms with Crippen LogP contribution in [0.25, 0.3) is 5.69 Å². The van der Waals surface area contributed by atoms with Gasteiger partial charge in [0, 0.05) is 30.1 Å². The highest BCUT2D eigenvalue weighted by Crippen LogP contribution is 2.58. The molecule has 7 heteroatoms. The van der Waals surface area contributed by atoms with E-state index < -0.39 is 4.92 Å². The molecule has 1 aromatic carbocycles. The Morgan fingerprint density at radius 2 is 2.07 bits per heavy atom. The Morgan fingerprint density at radius 1 is 1.22 bits per heavy atom. The monoisotopic (exact) mass is 366 g/mol. The van der Waals surface area contributed by atoms with E-state index in [9.17, 15) is 14.9 Å². The van der Waals surface area contributed by atoms with Crippen molar-refractivity contribution in [2.75, 3.05) is 0 Å². The summed E-state index contributed by atoms with van der Waals surface area (Å²) in [5.41, 5.74) is 0.656. The Bertz CT molecular complexity index is 895. The molecular formula is C20H22N4O3. The second-order valence-electron chi connectivity index (χ2n) is 8.16. The van der Waals surface area contributed by atoms with Gasteiger partial charge in [-0.2, -0.15) is 0 Å². The van der Waals surface area contributed by atoms with Gasteiger partial charge in [-0.25, -0.2) is 4.98 Å². The van der Waals surface area contributed by atoms with E-state index in [1.807, 2.05) is 0 Å². The summed E-state index contributed by atoms with van der Waals surface area (Å²) in [6.07, 6.45) is 11.0. The zero-order valence-electron chi connectivity index (χ0n) is 15.0. The third kappa shape index (κ3) is 2.64. The second-order valence-corrected chi connectivity index (χ2v) is 8.16. The summed E-state index contributed by atoms with van der Waals surface area (Å²) >= 11 is 0. The van der Waals surface area contributed by atoms with Crippen molar-refractivity contribution >= 4 is 11.6 Å². The lowest BCUT2D eigenvalue weighted by Crippen LogP contribution is -2.42. The van der Waals surface area contributed by atoms with Gasteiger partial charge in [-0.3, -0.25) is 14.9 Å². The van der Waals surface area contributed by atoms with Crippen molar-refractivity contribution in [3.05, 3.63) is 52.6 Å². The second kappa shape index (κ2) is 6.18. The summed E-state index contributed by atoms with van der Waals surface area (Å²) in [5, 5.41) is 14.7. The number of nitro groups is 1. The molecule has 5 rings (SSSR count). The van der Waals surface area contributed by atoms with Crippen LogP contribution in [-0.4, -0.2) is 26.4 Å². The number of aromatic nitrogens is 2. The summed E-state index contributed by atoms with van der Waals surface area (Å²) in [4.78, 5) is 27.8. The summed E-state index contributed by atoms with van der Waals surface area (Å²) in [7, 11) is 0. The van der Waals surface area contributed by atoms with E-state index >= 15 is 0 Å². The highest BCUT2D eigenvalue weighted by atomic mass is 16.6. The molecule has 27 heavy (non-hydrogen) atoms. The fourth-order valence-corrected chi connectivity index (χ4v) is 5.92. The molecule has 1 aromatic heterocycles. The van der Waals surface area contributed by atoms with Crippen molar-refractivity contribution in [2.24, 2.45) is 23.7 Å². The van der Waals surface area contributed by atoms with Gasteiger partial charge in [0.05, 0.1) is 11.3 Å². The Labute approximate surface area is 156 Å². The number of nitrogens with one attached hydrogen (secondary N) is 1. The van der Waals surface area contributed by atoms with Gasteiger partial charge in [0.25, 0.3) is 11.6 Å². The molecule has 2 bridgehead atoms. The van der Waals surface area contributed by atoms with Crippen LogP contribution in [0.1, 0.15) is 42.5 Å². The van der Waals surface area contributed by atoms with Crippen LogP contribution in [0.4, 0.5) is 5.69 Å². The lowest BCUT2D eigenvalue weighted by atomic mass is 9.79. The molecule has 7 nitrogen and oxygen atoms in total. The zero-order chi connectivity index (χ0) is 18.5. The molecule has 0 saturated heterocycles. The topological polar surface area (TPSA) is 90.1 Å². The van der Waals surface area contributed by atoms with Crippen LogP contribution in [0.3, 0.4) is 0 Å². The van der Waals surface area contributed by atoms with Crippen LogP contribution in [0.15, 0.2) is 36.9 Å². The van der Waals surface area contributed by atoms with Crippen LogP contribution < -0.4 is 5.32 Å². The number of hydrogen-bond acceptors (Lipinski definition) is 4. The van der Waals surface area contributed by atoms with E-state index in [4.69, 9.17) is 0 Å². The average molecular weight is 366 g/mol. The van der Waals surface area contributed by atoms with Crippen LogP contribution in [0.5, 0.6) is 0 Å². The molecule has 0 aliphatic heterocycles. The summed E-state index contributed by atoms with van der Waals surface area (Å²) < 4.78 is 1.58. The minimum atomic E-state index is -0.452. The predicted molar refractivity (Wildman–Crippen MR) is 98.5 cm³/mol. The maximum Gasteiger partial charge on any atom is 0.294 e. The third-order valence-corrected chi connectivity index (χ3v) is 6.96. The first-order valence-corrected chi connectivity index (χ1v) is 9.69. The van der Waals surface area contributed by atoms with E-state index in [-0.39, 0.29) is 17.6 Å². The Morgan fingerprint density at radius 3 is 2.85 bits per heavy atom. The number of carbonyl (C=O) groups excluding carboxylic acids is 1. The van der Waals surface area contributed by atoms with E-state index in [1.165, 1.54) is 38.1 Å². The number of rotatable bonds is 4. The fraction of sp³-hybridized carbons (Fsp3) is 0.500. The quantitative estimate of drug-likeness (QED) is 0.664. The molecular weight excluding hydrogens is 344 g/mol. The number of carbonyl (C=O) groups is 1. The Balaban J connectivity index is 1.36. The number of nitro benzene ring substituents is 1. The maximum atomic E-state index is 12.8. The molecule has 3 aliphatic carbocycles. The van der Waals surface area contributed by atoms with Gasteiger partial charge in [-0.1, -0.05) is 6.42 Å². The highest BCUT2D eigenvalue weighted by Gasteiger charge is 2.54. The van der Waals surface area contributed by atoms with E-state index in [1.54, 1.807) is 29.1 Å². The highest BCUT2D eigenvalue weighted by molar-refractivity contribution is 5.95.